The molecule has 0 radical (unpaired) electrons. The number of nitrogens with one attached hydrogen (secondary N) is 2. The molecule has 3 rings (SSSR count). The molecule has 9 nitrogen and oxygen atoms in total. The highest BCUT2D eigenvalue weighted by atomic mass is 16.5. The first kappa shape index (κ1) is 22.2. The largest absolute Gasteiger partial charge is 0.493 e. The van der Waals surface area contributed by atoms with Gasteiger partial charge in [-0.25, -0.2) is 4.98 Å². The molecule has 0 aliphatic heterocycles. The zero-order valence-corrected chi connectivity index (χ0v) is 18.2. The Labute approximate surface area is 180 Å². The third kappa shape index (κ3) is 4.83. The normalized spacial score (nSPS) is 10.7. The molecule has 0 atom stereocenters. The first-order valence-corrected chi connectivity index (χ1v) is 9.90. The number of rotatable bonds is 10. The summed E-state index contributed by atoms with van der Waals surface area (Å²) in [5, 5.41) is 12.5. The van der Waals surface area contributed by atoms with Crippen molar-refractivity contribution in [1.29, 1.82) is 0 Å². The number of nitrogens with zero attached hydrogens (tertiary/aromatic N) is 2. The number of aliphatic hydroxyl groups is 1. The Kier molecular flexibility index (Phi) is 7.19. The fourth-order valence-electron chi connectivity index (χ4n) is 3.38. The van der Waals surface area contributed by atoms with Gasteiger partial charge in [0.25, 0.3) is 5.56 Å². The van der Waals surface area contributed by atoms with Crippen molar-refractivity contribution in [2.45, 2.75) is 13.0 Å². The zero-order chi connectivity index (χ0) is 22.4. The first-order chi connectivity index (χ1) is 15.0. The number of aliphatic hydroxyl groups excluding tert-OH is 1. The van der Waals surface area contributed by atoms with Gasteiger partial charge in [0.2, 0.25) is 11.7 Å². The quantitative estimate of drug-likeness (QED) is 0.423. The highest BCUT2D eigenvalue weighted by Crippen LogP contribution is 2.41. The lowest BCUT2D eigenvalue weighted by Gasteiger charge is -2.20. The first-order valence-electron chi connectivity index (χ1n) is 9.90. The standard InChI is InChI=1S/C22H28N4O5/c1-26(13-14-7-5-8-15(11-14)23-9-6-10-27)22-24-16-12-17(29-2)19(30-3)20(31-4)18(16)21(28)25-22/h5,7-8,11-12,23,27H,6,9-10,13H2,1-4H3,(H,24,25,28). The van der Waals surface area contributed by atoms with Crippen LogP contribution in [0.2, 0.25) is 0 Å². The number of aromatic amines is 1. The minimum absolute atomic E-state index is 0.151. The SMILES string of the molecule is COc1cc2nc(N(C)Cc3cccc(NCCCO)c3)[nH]c(=O)c2c(OC)c1OC. The number of methoxy groups -OCH3 is 3. The summed E-state index contributed by atoms with van der Waals surface area (Å²) in [6, 6.07) is 9.63. The summed E-state index contributed by atoms with van der Waals surface area (Å²) in [6.45, 7) is 1.38. The van der Waals surface area contributed by atoms with Crippen molar-refractivity contribution in [1.82, 2.24) is 9.97 Å². The van der Waals surface area contributed by atoms with E-state index in [-0.39, 0.29) is 17.9 Å². The van der Waals surface area contributed by atoms with Crippen molar-refractivity contribution in [3.63, 3.8) is 0 Å². The molecular formula is C22H28N4O5. The van der Waals surface area contributed by atoms with Crippen molar-refractivity contribution in [2.24, 2.45) is 0 Å². The van der Waals surface area contributed by atoms with E-state index in [1.54, 1.807) is 6.07 Å². The van der Waals surface area contributed by atoms with Gasteiger partial charge in [-0.15, -0.1) is 0 Å². The number of hydrogen-bond donors (Lipinski definition) is 3. The molecule has 1 heterocycles. The third-order valence-corrected chi connectivity index (χ3v) is 4.86. The molecule has 0 bridgehead atoms. The van der Waals surface area contributed by atoms with E-state index >= 15 is 0 Å². The average Bonchev–Trinajstić information content (AvgIpc) is 2.77. The van der Waals surface area contributed by atoms with Gasteiger partial charge in [-0.1, -0.05) is 12.1 Å². The summed E-state index contributed by atoms with van der Waals surface area (Å²) < 4.78 is 16.2. The van der Waals surface area contributed by atoms with E-state index in [0.717, 1.165) is 11.3 Å². The molecule has 166 valence electrons. The topological polar surface area (TPSA) is 109 Å². The number of H-pyrrole nitrogens is 1. The number of fused-ring (bicyclic) bond motifs is 1. The Hall–Kier alpha value is -3.46. The number of hydrogen-bond acceptors (Lipinski definition) is 8. The molecule has 31 heavy (non-hydrogen) atoms. The van der Waals surface area contributed by atoms with Crippen molar-refractivity contribution >= 4 is 22.5 Å². The second-order valence-electron chi connectivity index (χ2n) is 6.99. The molecule has 0 aliphatic rings. The number of aromatic nitrogens is 2. The van der Waals surface area contributed by atoms with Crippen LogP contribution in [0.1, 0.15) is 12.0 Å². The summed E-state index contributed by atoms with van der Waals surface area (Å²) >= 11 is 0. The Morgan fingerprint density at radius 3 is 2.58 bits per heavy atom. The molecule has 1 aromatic heterocycles. The average molecular weight is 428 g/mol. The maximum Gasteiger partial charge on any atom is 0.264 e. The molecule has 3 N–H and O–H groups in total. The van der Waals surface area contributed by atoms with Crippen LogP contribution in [0.4, 0.5) is 11.6 Å². The van der Waals surface area contributed by atoms with Crippen molar-refractivity contribution < 1.29 is 19.3 Å². The van der Waals surface area contributed by atoms with E-state index in [4.69, 9.17) is 19.3 Å². The number of benzene rings is 2. The summed E-state index contributed by atoms with van der Waals surface area (Å²) in [5.41, 5.74) is 2.13. The predicted octanol–water partition coefficient (Wildman–Crippen LogP) is 2.38. The molecule has 2 aromatic carbocycles. The number of ether oxygens (including phenoxy) is 3. The Morgan fingerprint density at radius 2 is 1.90 bits per heavy atom. The van der Waals surface area contributed by atoms with Gasteiger partial charge in [0, 0.05) is 38.5 Å². The van der Waals surface area contributed by atoms with Gasteiger partial charge >= 0.3 is 0 Å². The van der Waals surface area contributed by atoms with E-state index in [1.807, 2.05) is 36.2 Å². The van der Waals surface area contributed by atoms with Gasteiger partial charge in [0.05, 0.1) is 26.8 Å². The lowest BCUT2D eigenvalue weighted by atomic mass is 10.2. The summed E-state index contributed by atoms with van der Waals surface area (Å²) in [6.07, 6.45) is 0.685. The number of anilines is 2. The third-order valence-electron chi connectivity index (χ3n) is 4.86. The zero-order valence-electron chi connectivity index (χ0n) is 18.2. The minimum Gasteiger partial charge on any atom is -0.493 e. The van der Waals surface area contributed by atoms with Gasteiger partial charge in [-0.05, 0) is 24.1 Å². The monoisotopic (exact) mass is 428 g/mol. The van der Waals surface area contributed by atoms with Crippen LogP contribution in [0, 0.1) is 0 Å². The fraction of sp³-hybridized carbons (Fsp3) is 0.364. The van der Waals surface area contributed by atoms with Crippen LogP contribution in [-0.2, 0) is 6.54 Å². The molecule has 0 saturated carbocycles. The van der Waals surface area contributed by atoms with Crippen LogP contribution in [0.15, 0.2) is 35.1 Å². The lowest BCUT2D eigenvalue weighted by molar-refractivity contribution is 0.292. The van der Waals surface area contributed by atoms with Crippen LogP contribution in [0.25, 0.3) is 10.9 Å². The Morgan fingerprint density at radius 1 is 1.13 bits per heavy atom. The molecule has 3 aromatic rings. The van der Waals surface area contributed by atoms with Crippen LogP contribution < -0.4 is 30.0 Å². The van der Waals surface area contributed by atoms with Gasteiger partial charge < -0.3 is 29.5 Å². The van der Waals surface area contributed by atoms with E-state index in [9.17, 15) is 4.79 Å². The second kappa shape index (κ2) is 10.0. The molecule has 9 heteroatoms. The predicted molar refractivity (Wildman–Crippen MR) is 121 cm³/mol. The van der Waals surface area contributed by atoms with E-state index in [0.29, 0.717) is 47.9 Å². The highest BCUT2D eigenvalue weighted by molar-refractivity contribution is 5.90. The van der Waals surface area contributed by atoms with Gasteiger partial charge in [0.15, 0.2) is 11.5 Å². The Balaban J connectivity index is 1.92. The summed E-state index contributed by atoms with van der Waals surface area (Å²) in [7, 11) is 6.33. The van der Waals surface area contributed by atoms with Gasteiger partial charge in [-0.2, -0.15) is 0 Å². The molecule has 0 spiro atoms. The van der Waals surface area contributed by atoms with Crippen molar-refractivity contribution in [3.8, 4) is 17.2 Å². The van der Waals surface area contributed by atoms with E-state index < -0.39 is 0 Å². The van der Waals surface area contributed by atoms with Crippen LogP contribution >= 0.6 is 0 Å². The molecular weight excluding hydrogens is 400 g/mol. The molecule has 0 aliphatic carbocycles. The maximum absolute atomic E-state index is 12.9. The van der Waals surface area contributed by atoms with E-state index in [1.165, 1.54) is 21.3 Å². The van der Waals surface area contributed by atoms with Crippen LogP contribution in [0.5, 0.6) is 17.2 Å². The Bertz CT molecular complexity index is 1100. The van der Waals surface area contributed by atoms with Gasteiger partial charge in [0.1, 0.15) is 5.39 Å². The minimum atomic E-state index is -0.330. The second-order valence-corrected chi connectivity index (χ2v) is 6.99. The van der Waals surface area contributed by atoms with Crippen LogP contribution in [0.3, 0.4) is 0 Å². The van der Waals surface area contributed by atoms with Crippen LogP contribution in [-0.4, -0.2) is 56.6 Å². The van der Waals surface area contributed by atoms with Crippen molar-refractivity contribution in [2.75, 3.05) is 51.7 Å². The summed E-state index contributed by atoms with van der Waals surface area (Å²) in [4.78, 5) is 22.2. The van der Waals surface area contributed by atoms with E-state index in [2.05, 4.69) is 15.3 Å². The molecule has 0 amide bonds. The highest BCUT2D eigenvalue weighted by Gasteiger charge is 2.20. The van der Waals surface area contributed by atoms with Gasteiger partial charge in [-0.3, -0.25) is 9.78 Å². The smallest absolute Gasteiger partial charge is 0.264 e. The molecule has 0 fully saturated rings. The lowest BCUT2D eigenvalue weighted by Crippen LogP contribution is -2.23. The molecule has 0 saturated heterocycles. The van der Waals surface area contributed by atoms with Crippen molar-refractivity contribution in [3.05, 3.63) is 46.2 Å². The molecule has 0 unspecified atom stereocenters. The summed E-state index contributed by atoms with van der Waals surface area (Å²) in [5.74, 6) is 1.48. The maximum atomic E-state index is 12.9. The fourth-order valence-corrected chi connectivity index (χ4v) is 3.38.